The van der Waals surface area contributed by atoms with Gasteiger partial charge in [0, 0.05) is 25.2 Å². The molecule has 1 unspecified atom stereocenters. The average molecular weight is 257 g/mol. The molecule has 0 saturated heterocycles. The van der Waals surface area contributed by atoms with E-state index in [1.54, 1.807) is 7.11 Å². The number of nitrogens with zero attached hydrogens (tertiary/aromatic N) is 2. The number of methoxy groups -OCH3 is 1. The number of unbranched alkanes of at least 4 members (excludes halogenated alkanes) is 1. The van der Waals surface area contributed by atoms with E-state index in [2.05, 4.69) is 28.5 Å². The fourth-order valence-corrected chi connectivity index (χ4v) is 2.12. The van der Waals surface area contributed by atoms with E-state index in [0.29, 0.717) is 0 Å². The van der Waals surface area contributed by atoms with E-state index in [0.717, 1.165) is 23.4 Å². The van der Waals surface area contributed by atoms with Crippen LogP contribution in [0.4, 0.5) is 5.13 Å². The first-order valence-electron chi connectivity index (χ1n) is 6.23. The van der Waals surface area contributed by atoms with E-state index >= 15 is 0 Å². The summed E-state index contributed by atoms with van der Waals surface area (Å²) >= 11 is 1.41. The lowest BCUT2D eigenvalue weighted by Gasteiger charge is -2.05. The quantitative estimate of drug-likeness (QED) is 0.724. The summed E-state index contributed by atoms with van der Waals surface area (Å²) in [5, 5.41) is 4.20. The second kappa shape index (κ2) is 7.61. The van der Waals surface area contributed by atoms with Gasteiger partial charge in [0.05, 0.1) is 0 Å². The van der Waals surface area contributed by atoms with Gasteiger partial charge in [-0.15, -0.1) is 0 Å². The molecule has 0 bridgehead atoms. The van der Waals surface area contributed by atoms with Gasteiger partial charge in [0.1, 0.15) is 6.10 Å². The summed E-state index contributed by atoms with van der Waals surface area (Å²) in [6, 6.07) is 0. The number of aromatic nitrogens is 2. The molecule has 0 saturated carbocycles. The summed E-state index contributed by atoms with van der Waals surface area (Å²) in [5.41, 5.74) is 0. The Morgan fingerprint density at radius 1 is 1.29 bits per heavy atom. The van der Waals surface area contributed by atoms with Crippen molar-refractivity contribution in [1.29, 1.82) is 0 Å². The van der Waals surface area contributed by atoms with Gasteiger partial charge < -0.3 is 10.1 Å². The summed E-state index contributed by atoms with van der Waals surface area (Å²) < 4.78 is 9.43. The molecular weight excluding hydrogens is 234 g/mol. The second-order valence-corrected chi connectivity index (χ2v) is 5.40. The molecule has 0 spiro atoms. The molecule has 1 atom stereocenters. The number of anilines is 1. The van der Waals surface area contributed by atoms with Crippen LogP contribution >= 0.6 is 11.5 Å². The van der Waals surface area contributed by atoms with Gasteiger partial charge in [-0.1, -0.05) is 26.7 Å². The highest BCUT2D eigenvalue weighted by Crippen LogP contribution is 2.18. The van der Waals surface area contributed by atoms with E-state index in [9.17, 15) is 0 Å². The molecule has 0 amide bonds. The third kappa shape index (κ3) is 5.46. The monoisotopic (exact) mass is 257 g/mol. The number of rotatable bonds is 8. The Morgan fingerprint density at radius 2 is 2.06 bits per heavy atom. The normalized spacial score (nSPS) is 13.0. The summed E-state index contributed by atoms with van der Waals surface area (Å²) in [6.45, 7) is 7.45. The van der Waals surface area contributed by atoms with Crippen LogP contribution in [-0.4, -0.2) is 23.0 Å². The number of ether oxygens (including phenoxy) is 1. The predicted octanol–water partition coefficient (Wildman–Crippen LogP) is 3.48. The topological polar surface area (TPSA) is 47.0 Å². The molecule has 0 fully saturated rings. The van der Waals surface area contributed by atoms with E-state index < -0.39 is 0 Å². The first-order chi connectivity index (χ1) is 8.13. The van der Waals surface area contributed by atoms with E-state index in [1.807, 2.05) is 6.92 Å². The summed E-state index contributed by atoms with van der Waals surface area (Å²) in [7, 11) is 1.67. The lowest BCUT2D eigenvalue weighted by atomic mass is 10.1. The van der Waals surface area contributed by atoms with Crippen LogP contribution in [0, 0.1) is 5.92 Å². The molecule has 0 aliphatic rings. The molecule has 0 aliphatic heterocycles. The highest BCUT2D eigenvalue weighted by Gasteiger charge is 2.10. The maximum atomic E-state index is 5.17. The fourth-order valence-electron chi connectivity index (χ4n) is 1.45. The number of hydrogen-bond acceptors (Lipinski definition) is 5. The van der Waals surface area contributed by atoms with Crippen LogP contribution in [0.25, 0.3) is 0 Å². The Kier molecular flexibility index (Phi) is 6.44. The van der Waals surface area contributed by atoms with Crippen molar-refractivity contribution in [3.8, 4) is 0 Å². The summed E-state index contributed by atoms with van der Waals surface area (Å²) in [5.74, 6) is 1.56. The molecule has 0 aromatic carbocycles. The minimum Gasteiger partial charge on any atom is -0.374 e. The lowest BCUT2D eigenvalue weighted by molar-refractivity contribution is 0.113. The van der Waals surface area contributed by atoms with Gasteiger partial charge in [-0.25, -0.2) is 4.98 Å². The zero-order chi connectivity index (χ0) is 12.7. The van der Waals surface area contributed by atoms with Crippen molar-refractivity contribution in [3.05, 3.63) is 5.82 Å². The van der Waals surface area contributed by atoms with Crippen LogP contribution in [0.15, 0.2) is 0 Å². The van der Waals surface area contributed by atoms with Crippen LogP contribution in [-0.2, 0) is 4.74 Å². The van der Waals surface area contributed by atoms with Crippen LogP contribution in [0.2, 0.25) is 0 Å². The first kappa shape index (κ1) is 14.4. The van der Waals surface area contributed by atoms with Gasteiger partial charge in [-0.2, -0.15) is 4.37 Å². The molecule has 0 aliphatic carbocycles. The van der Waals surface area contributed by atoms with Crippen molar-refractivity contribution in [1.82, 2.24) is 9.36 Å². The Balaban J connectivity index is 2.21. The van der Waals surface area contributed by atoms with Crippen molar-refractivity contribution in [2.45, 2.75) is 46.1 Å². The third-order valence-corrected chi connectivity index (χ3v) is 3.33. The molecule has 5 heteroatoms. The fraction of sp³-hybridized carbons (Fsp3) is 0.833. The SMILES string of the molecule is COC(C)c1nsc(NCCCCC(C)C)n1. The standard InChI is InChI=1S/C12H23N3OS/c1-9(2)7-5-6-8-13-12-14-11(15-17-12)10(3)16-4/h9-10H,5-8H2,1-4H3,(H,13,14,15). The molecule has 98 valence electrons. The summed E-state index contributed by atoms with van der Waals surface area (Å²) in [6.07, 6.45) is 3.73. The maximum absolute atomic E-state index is 5.17. The zero-order valence-electron chi connectivity index (χ0n) is 11.2. The Labute approximate surface area is 108 Å². The number of nitrogens with one attached hydrogen (secondary N) is 1. The molecule has 4 nitrogen and oxygen atoms in total. The van der Waals surface area contributed by atoms with Crippen LogP contribution < -0.4 is 5.32 Å². The minimum atomic E-state index is -0.0252. The molecule has 1 rings (SSSR count). The third-order valence-electron chi connectivity index (χ3n) is 2.64. The summed E-state index contributed by atoms with van der Waals surface area (Å²) in [4.78, 5) is 4.39. The molecule has 1 N–H and O–H groups in total. The Bertz CT molecular complexity index is 314. The van der Waals surface area contributed by atoms with Crippen molar-refractivity contribution < 1.29 is 4.74 Å². The second-order valence-electron chi connectivity index (χ2n) is 4.65. The predicted molar refractivity (Wildman–Crippen MR) is 72.5 cm³/mol. The van der Waals surface area contributed by atoms with E-state index in [4.69, 9.17) is 4.74 Å². The minimum absolute atomic E-state index is 0.0252. The highest BCUT2D eigenvalue weighted by molar-refractivity contribution is 7.09. The maximum Gasteiger partial charge on any atom is 0.202 e. The average Bonchev–Trinajstić information content (AvgIpc) is 2.76. The van der Waals surface area contributed by atoms with Gasteiger partial charge in [0.15, 0.2) is 5.82 Å². The smallest absolute Gasteiger partial charge is 0.202 e. The zero-order valence-corrected chi connectivity index (χ0v) is 12.0. The molecule has 1 aromatic heterocycles. The Morgan fingerprint density at radius 3 is 2.71 bits per heavy atom. The first-order valence-corrected chi connectivity index (χ1v) is 7.01. The van der Waals surface area contributed by atoms with Crippen molar-refractivity contribution in [2.75, 3.05) is 19.0 Å². The Hall–Kier alpha value is -0.680. The number of hydrogen-bond donors (Lipinski definition) is 1. The molecule has 1 aromatic rings. The van der Waals surface area contributed by atoms with Crippen molar-refractivity contribution >= 4 is 16.7 Å². The van der Waals surface area contributed by atoms with Crippen LogP contribution in [0.1, 0.15) is 52.0 Å². The highest BCUT2D eigenvalue weighted by atomic mass is 32.1. The lowest BCUT2D eigenvalue weighted by Crippen LogP contribution is -2.03. The molecular formula is C12H23N3OS. The van der Waals surface area contributed by atoms with Gasteiger partial charge in [-0.05, 0) is 19.3 Å². The van der Waals surface area contributed by atoms with Gasteiger partial charge in [-0.3, -0.25) is 0 Å². The van der Waals surface area contributed by atoms with E-state index in [1.165, 1.54) is 30.8 Å². The van der Waals surface area contributed by atoms with Crippen molar-refractivity contribution in [2.24, 2.45) is 5.92 Å². The van der Waals surface area contributed by atoms with Gasteiger partial charge >= 0.3 is 0 Å². The molecule has 1 heterocycles. The van der Waals surface area contributed by atoms with Crippen LogP contribution in [0.3, 0.4) is 0 Å². The van der Waals surface area contributed by atoms with Gasteiger partial charge in [0.25, 0.3) is 0 Å². The van der Waals surface area contributed by atoms with E-state index in [-0.39, 0.29) is 6.10 Å². The van der Waals surface area contributed by atoms with Crippen molar-refractivity contribution in [3.63, 3.8) is 0 Å². The largest absolute Gasteiger partial charge is 0.374 e. The molecule has 17 heavy (non-hydrogen) atoms. The molecule has 0 radical (unpaired) electrons. The van der Waals surface area contributed by atoms with Gasteiger partial charge in [0.2, 0.25) is 5.13 Å². The van der Waals surface area contributed by atoms with Crippen LogP contribution in [0.5, 0.6) is 0 Å².